The average molecular weight is 632 g/mol. The Labute approximate surface area is 268 Å². The van der Waals surface area contributed by atoms with Gasteiger partial charge < -0.3 is 20.7 Å². The largest absolute Gasteiger partial charge is 0.453 e. The minimum atomic E-state index is -0.572. The molecule has 5 rings (SSSR count). The van der Waals surface area contributed by atoms with Crippen LogP contribution in [0.4, 0.5) is 14.9 Å². The van der Waals surface area contributed by atoms with E-state index in [1.54, 1.807) is 25.3 Å². The summed E-state index contributed by atoms with van der Waals surface area (Å²) in [6.45, 7) is 5.98. The summed E-state index contributed by atoms with van der Waals surface area (Å²) >= 11 is 1.50. The number of hydrogen-bond donors (Lipinski definition) is 3. The second kappa shape index (κ2) is 15.3. The molecule has 0 spiro atoms. The molecule has 3 N–H and O–H groups in total. The van der Waals surface area contributed by atoms with E-state index in [4.69, 9.17) is 9.72 Å². The lowest BCUT2D eigenvalue weighted by atomic mass is 9.91. The van der Waals surface area contributed by atoms with Crippen molar-refractivity contribution in [3.8, 4) is 22.1 Å². The molecule has 1 aromatic carbocycles. The summed E-state index contributed by atoms with van der Waals surface area (Å²) in [7, 11) is 0. The summed E-state index contributed by atoms with van der Waals surface area (Å²) in [5.74, 6) is 0.611. The molecule has 2 atom stereocenters. The lowest BCUT2D eigenvalue weighted by Crippen LogP contribution is -2.32. The van der Waals surface area contributed by atoms with Crippen LogP contribution in [0.5, 0.6) is 11.5 Å². The van der Waals surface area contributed by atoms with Gasteiger partial charge in [-0.25, -0.2) is 9.18 Å². The fraction of sp³-hybridized carbons (Fsp3) is 0.429. The molecule has 1 fully saturated rings. The number of carbonyl (C=O) groups is 2. The first-order valence-corrected chi connectivity index (χ1v) is 16.8. The van der Waals surface area contributed by atoms with E-state index in [1.807, 2.05) is 18.3 Å². The molecule has 1 aliphatic carbocycles. The first-order chi connectivity index (χ1) is 21.8. The van der Waals surface area contributed by atoms with E-state index < -0.39 is 5.82 Å². The molecule has 2 unspecified atom stereocenters. The van der Waals surface area contributed by atoms with Crippen LogP contribution in [0.3, 0.4) is 0 Å². The van der Waals surface area contributed by atoms with Crippen molar-refractivity contribution in [2.45, 2.75) is 90.6 Å². The van der Waals surface area contributed by atoms with E-state index in [0.29, 0.717) is 17.4 Å². The highest BCUT2D eigenvalue weighted by Crippen LogP contribution is 2.39. The standard InChI is InChI=1S/C35H42FN5O3S/c1-4-7-25(39-22(3)42)9-6-8-23(5-2)18-24-10-14-29(38-21-24)33-20-30-34(45-33)32(16-17-37-30)44-31-15-13-27(19-28(31)36)41-35(43)40-26-11-12-26/h10,13-17,19-21,23,25-26H,4-9,11-12,18H2,1-3H3,(H,39,42)(H2,40,41,43). The van der Waals surface area contributed by atoms with Crippen molar-refractivity contribution in [2.24, 2.45) is 5.92 Å². The minimum Gasteiger partial charge on any atom is -0.453 e. The molecule has 0 radical (unpaired) electrons. The number of carbonyl (C=O) groups excluding carboxylic acids is 2. The number of anilines is 1. The van der Waals surface area contributed by atoms with Crippen molar-refractivity contribution in [2.75, 3.05) is 5.32 Å². The summed E-state index contributed by atoms with van der Waals surface area (Å²) < 4.78 is 21.7. The molecule has 8 nitrogen and oxygen atoms in total. The quantitative estimate of drug-likeness (QED) is 0.122. The molecule has 238 valence electrons. The maximum absolute atomic E-state index is 14.9. The van der Waals surface area contributed by atoms with E-state index in [1.165, 1.54) is 29.0 Å². The summed E-state index contributed by atoms with van der Waals surface area (Å²) in [6, 6.07) is 12.4. The normalized spacial score (nSPS) is 14.1. The Hall–Kier alpha value is -4.05. The lowest BCUT2D eigenvalue weighted by Gasteiger charge is -2.19. The maximum atomic E-state index is 14.9. The van der Waals surface area contributed by atoms with Gasteiger partial charge in [-0.05, 0) is 67.9 Å². The van der Waals surface area contributed by atoms with Gasteiger partial charge in [0.25, 0.3) is 0 Å². The van der Waals surface area contributed by atoms with Gasteiger partial charge in [0, 0.05) is 49.2 Å². The van der Waals surface area contributed by atoms with Crippen molar-refractivity contribution in [1.82, 2.24) is 20.6 Å². The number of rotatable bonds is 15. The zero-order valence-electron chi connectivity index (χ0n) is 26.2. The highest BCUT2D eigenvalue weighted by molar-refractivity contribution is 7.22. The second-order valence-corrected chi connectivity index (χ2v) is 13.0. The Kier molecular flexibility index (Phi) is 11.0. The molecule has 10 heteroatoms. The zero-order chi connectivity index (χ0) is 31.8. The first kappa shape index (κ1) is 32.3. The molecule has 0 saturated heterocycles. The van der Waals surface area contributed by atoms with Crippen LogP contribution in [-0.2, 0) is 11.2 Å². The van der Waals surface area contributed by atoms with E-state index in [-0.39, 0.29) is 29.8 Å². The number of hydrogen-bond acceptors (Lipinski definition) is 6. The summed E-state index contributed by atoms with van der Waals surface area (Å²) in [5.41, 5.74) is 3.17. The number of urea groups is 1. The van der Waals surface area contributed by atoms with Gasteiger partial charge in [-0.2, -0.15) is 0 Å². The zero-order valence-corrected chi connectivity index (χ0v) is 27.0. The van der Waals surface area contributed by atoms with Gasteiger partial charge in [0.15, 0.2) is 11.6 Å². The smallest absolute Gasteiger partial charge is 0.319 e. The molecule has 1 saturated carbocycles. The molecule has 4 aromatic rings. The maximum Gasteiger partial charge on any atom is 0.319 e. The predicted molar refractivity (Wildman–Crippen MR) is 178 cm³/mol. The number of thiophene rings is 1. The van der Waals surface area contributed by atoms with Crippen LogP contribution in [0.1, 0.15) is 77.7 Å². The molecular weight excluding hydrogens is 589 g/mol. The van der Waals surface area contributed by atoms with Gasteiger partial charge >= 0.3 is 6.03 Å². The third-order valence-electron chi connectivity index (χ3n) is 8.09. The van der Waals surface area contributed by atoms with E-state index >= 15 is 0 Å². The Bertz CT molecular complexity index is 1600. The Balaban J connectivity index is 1.20. The summed E-state index contributed by atoms with van der Waals surface area (Å²) in [4.78, 5) is 33.7. The molecular formula is C35H42FN5O3S. The molecule has 0 aliphatic heterocycles. The van der Waals surface area contributed by atoms with Gasteiger partial charge in [0.05, 0.1) is 20.8 Å². The molecule has 45 heavy (non-hydrogen) atoms. The first-order valence-electron chi connectivity index (χ1n) is 16.0. The third kappa shape index (κ3) is 9.23. The van der Waals surface area contributed by atoms with Gasteiger partial charge in [-0.1, -0.05) is 45.6 Å². The van der Waals surface area contributed by atoms with Crippen molar-refractivity contribution < 1.29 is 18.7 Å². The third-order valence-corrected chi connectivity index (χ3v) is 9.25. The number of nitrogens with one attached hydrogen (secondary N) is 3. The monoisotopic (exact) mass is 631 g/mol. The van der Waals surface area contributed by atoms with Crippen LogP contribution in [0, 0.1) is 11.7 Å². The fourth-order valence-electron chi connectivity index (χ4n) is 5.53. The fourth-order valence-corrected chi connectivity index (χ4v) is 6.58. The number of nitrogens with zero attached hydrogens (tertiary/aromatic N) is 2. The second-order valence-electron chi connectivity index (χ2n) is 11.9. The topological polar surface area (TPSA) is 105 Å². The number of ether oxygens (including phenoxy) is 1. The van der Waals surface area contributed by atoms with E-state index in [9.17, 15) is 14.0 Å². The van der Waals surface area contributed by atoms with Crippen molar-refractivity contribution >= 4 is 39.2 Å². The number of fused-ring (bicyclic) bond motifs is 1. The van der Waals surface area contributed by atoms with Gasteiger partial charge in [-0.3, -0.25) is 14.8 Å². The van der Waals surface area contributed by atoms with E-state index in [0.717, 1.165) is 78.6 Å². The van der Waals surface area contributed by atoms with Gasteiger partial charge in [-0.15, -0.1) is 11.3 Å². The number of benzene rings is 1. The van der Waals surface area contributed by atoms with Crippen molar-refractivity contribution in [3.63, 3.8) is 0 Å². The predicted octanol–water partition coefficient (Wildman–Crippen LogP) is 8.62. The Morgan fingerprint density at radius 3 is 2.58 bits per heavy atom. The molecule has 3 heterocycles. The molecule has 3 aromatic heterocycles. The Morgan fingerprint density at radius 2 is 1.89 bits per heavy atom. The van der Waals surface area contributed by atoms with Gasteiger partial charge in [0.2, 0.25) is 5.91 Å². The minimum absolute atomic E-state index is 0.0495. The van der Waals surface area contributed by atoms with Crippen LogP contribution in [0.25, 0.3) is 20.8 Å². The van der Waals surface area contributed by atoms with Crippen LogP contribution in [-0.4, -0.2) is 34.0 Å². The molecule has 0 bridgehead atoms. The molecule has 3 amide bonds. The SMILES string of the molecule is CCCC(CCCC(CC)Cc1ccc(-c2cc3nccc(Oc4ccc(NC(=O)NC5CC5)cc4F)c3s2)nc1)NC(C)=O. The number of amides is 3. The van der Waals surface area contributed by atoms with Gasteiger partial charge in [0.1, 0.15) is 5.75 Å². The summed E-state index contributed by atoms with van der Waals surface area (Å²) in [6.07, 6.45) is 12.9. The van der Waals surface area contributed by atoms with Crippen molar-refractivity contribution in [1.29, 1.82) is 0 Å². The Morgan fingerprint density at radius 1 is 1.04 bits per heavy atom. The van der Waals surface area contributed by atoms with Crippen molar-refractivity contribution in [3.05, 3.63) is 66.2 Å². The van der Waals surface area contributed by atoms with Crippen LogP contribution in [0.2, 0.25) is 0 Å². The highest BCUT2D eigenvalue weighted by atomic mass is 32.1. The van der Waals surface area contributed by atoms with Crippen LogP contribution in [0.15, 0.2) is 54.9 Å². The van der Waals surface area contributed by atoms with E-state index in [2.05, 4.69) is 40.8 Å². The number of halogens is 1. The lowest BCUT2D eigenvalue weighted by molar-refractivity contribution is -0.119. The summed E-state index contributed by atoms with van der Waals surface area (Å²) in [5, 5.41) is 8.58. The van der Waals surface area contributed by atoms with Crippen LogP contribution < -0.4 is 20.7 Å². The average Bonchev–Trinajstić information content (AvgIpc) is 3.71. The molecule has 1 aliphatic rings. The number of pyridine rings is 2. The van der Waals surface area contributed by atoms with Crippen LogP contribution >= 0.6 is 11.3 Å². The highest BCUT2D eigenvalue weighted by Gasteiger charge is 2.23. The number of aromatic nitrogens is 2.